The second kappa shape index (κ2) is 12.4. The topological polar surface area (TPSA) is 94.5 Å². The molecule has 8 nitrogen and oxygen atoms in total. The lowest BCUT2D eigenvalue weighted by molar-refractivity contribution is -0.141. The zero-order chi connectivity index (χ0) is 22.3. The number of likely N-dealkylation sites (tertiary alicyclic amines) is 1. The molecule has 180 valence electrons. The summed E-state index contributed by atoms with van der Waals surface area (Å²) >= 11 is 0. The molecule has 1 amide bonds. The van der Waals surface area contributed by atoms with Crippen molar-refractivity contribution in [2.45, 2.75) is 51.2 Å². The van der Waals surface area contributed by atoms with E-state index in [0.717, 1.165) is 50.9 Å². The van der Waals surface area contributed by atoms with E-state index < -0.39 is 11.9 Å². The zero-order valence-electron chi connectivity index (χ0n) is 18.1. The second-order valence-corrected chi connectivity index (χ2v) is 7.85. The van der Waals surface area contributed by atoms with Crippen molar-refractivity contribution < 1.29 is 18.0 Å². The highest BCUT2D eigenvalue weighted by molar-refractivity contribution is 14.0. The van der Waals surface area contributed by atoms with Gasteiger partial charge in [0.25, 0.3) is 0 Å². The van der Waals surface area contributed by atoms with Crippen LogP contribution in [0, 0.1) is 5.92 Å². The van der Waals surface area contributed by atoms with Crippen molar-refractivity contribution in [1.82, 2.24) is 25.5 Å². The van der Waals surface area contributed by atoms with Gasteiger partial charge in [-0.1, -0.05) is 12.8 Å². The lowest BCUT2D eigenvalue weighted by atomic mass is 10.1. The SMILES string of the molecule is CCNC(=NCCNc1nccc(C(F)(F)F)n1)NC1CCN(C(=O)C2CCCC2)C1.I. The minimum atomic E-state index is -4.51. The standard InChI is InChI=1S/C20H30F3N7O.HI/c1-2-24-18(26-10-11-27-19-25-9-7-16(29-19)20(21,22)23)28-15-8-12-30(13-15)17(31)14-5-3-4-6-14;/h7,9,14-15H,2-6,8,10-13H2,1H3,(H2,24,26,28)(H,25,27,29);1H. The van der Waals surface area contributed by atoms with Gasteiger partial charge in [0.2, 0.25) is 11.9 Å². The summed E-state index contributed by atoms with van der Waals surface area (Å²) in [6, 6.07) is 0.960. The molecule has 1 unspecified atom stereocenters. The number of anilines is 1. The summed E-state index contributed by atoms with van der Waals surface area (Å²) in [4.78, 5) is 26.3. The fraction of sp³-hybridized carbons (Fsp3) is 0.700. The van der Waals surface area contributed by atoms with E-state index in [1.165, 1.54) is 0 Å². The van der Waals surface area contributed by atoms with Gasteiger partial charge >= 0.3 is 6.18 Å². The molecule has 1 aromatic heterocycles. The van der Waals surface area contributed by atoms with Gasteiger partial charge in [0.05, 0.1) is 6.54 Å². The molecule has 3 N–H and O–H groups in total. The number of guanidine groups is 1. The van der Waals surface area contributed by atoms with Crippen molar-refractivity contribution >= 4 is 41.8 Å². The van der Waals surface area contributed by atoms with Crippen LogP contribution in [-0.2, 0) is 11.0 Å². The van der Waals surface area contributed by atoms with Gasteiger partial charge in [-0.25, -0.2) is 9.97 Å². The molecule has 0 radical (unpaired) electrons. The number of aromatic nitrogens is 2. The Bertz CT molecular complexity index is 772. The quantitative estimate of drug-likeness (QED) is 0.203. The fourth-order valence-electron chi connectivity index (χ4n) is 3.96. The van der Waals surface area contributed by atoms with E-state index in [1.54, 1.807) is 0 Å². The van der Waals surface area contributed by atoms with Crippen LogP contribution in [0.3, 0.4) is 0 Å². The third-order valence-electron chi connectivity index (χ3n) is 5.50. The molecule has 32 heavy (non-hydrogen) atoms. The number of carbonyl (C=O) groups is 1. The molecule has 2 heterocycles. The highest BCUT2D eigenvalue weighted by Gasteiger charge is 2.33. The highest BCUT2D eigenvalue weighted by Crippen LogP contribution is 2.28. The number of nitrogens with zero attached hydrogens (tertiary/aromatic N) is 4. The Morgan fingerprint density at radius 3 is 2.72 bits per heavy atom. The number of hydrogen-bond acceptors (Lipinski definition) is 5. The van der Waals surface area contributed by atoms with Gasteiger partial charge in [0.15, 0.2) is 5.96 Å². The van der Waals surface area contributed by atoms with E-state index in [-0.39, 0.29) is 54.3 Å². The van der Waals surface area contributed by atoms with Gasteiger partial charge in [-0.05, 0) is 32.3 Å². The van der Waals surface area contributed by atoms with Crippen LogP contribution in [0.5, 0.6) is 0 Å². The molecule has 3 rings (SSSR count). The minimum absolute atomic E-state index is 0. The van der Waals surface area contributed by atoms with E-state index in [2.05, 4.69) is 30.9 Å². The fourth-order valence-corrected chi connectivity index (χ4v) is 3.96. The van der Waals surface area contributed by atoms with Gasteiger partial charge in [-0.15, -0.1) is 24.0 Å². The minimum Gasteiger partial charge on any atom is -0.357 e. The van der Waals surface area contributed by atoms with Crippen molar-refractivity contribution in [2.75, 3.05) is 38.0 Å². The first-order valence-electron chi connectivity index (χ1n) is 10.8. The van der Waals surface area contributed by atoms with Crippen LogP contribution in [0.25, 0.3) is 0 Å². The Hall–Kier alpha value is -1.86. The molecule has 0 bridgehead atoms. The molecule has 1 aromatic rings. The molecule has 0 aromatic carbocycles. The van der Waals surface area contributed by atoms with Gasteiger partial charge < -0.3 is 20.9 Å². The smallest absolute Gasteiger partial charge is 0.357 e. The maximum absolute atomic E-state index is 12.7. The summed E-state index contributed by atoms with van der Waals surface area (Å²) in [6.07, 6.45) is 1.71. The van der Waals surface area contributed by atoms with Crippen LogP contribution in [0.4, 0.5) is 19.1 Å². The number of carbonyl (C=O) groups excluding carboxylic acids is 1. The largest absolute Gasteiger partial charge is 0.433 e. The first-order chi connectivity index (χ1) is 14.9. The number of aliphatic imine (C=N–C) groups is 1. The predicted octanol–water partition coefficient (Wildman–Crippen LogP) is 2.87. The third-order valence-corrected chi connectivity index (χ3v) is 5.50. The highest BCUT2D eigenvalue weighted by atomic mass is 127. The molecule has 2 fully saturated rings. The first kappa shape index (κ1) is 26.4. The van der Waals surface area contributed by atoms with Crippen molar-refractivity contribution in [3.8, 4) is 0 Å². The number of halogens is 4. The first-order valence-corrected chi connectivity index (χ1v) is 10.8. The van der Waals surface area contributed by atoms with E-state index in [4.69, 9.17) is 0 Å². The van der Waals surface area contributed by atoms with E-state index >= 15 is 0 Å². The van der Waals surface area contributed by atoms with E-state index in [9.17, 15) is 18.0 Å². The van der Waals surface area contributed by atoms with Gasteiger partial charge in [0.1, 0.15) is 5.69 Å². The summed E-state index contributed by atoms with van der Waals surface area (Å²) in [5, 5.41) is 9.28. The van der Waals surface area contributed by atoms with Gasteiger partial charge in [0, 0.05) is 44.3 Å². The van der Waals surface area contributed by atoms with E-state index in [1.807, 2.05) is 11.8 Å². The summed E-state index contributed by atoms with van der Waals surface area (Å²) in [5.41, 5.74) is -0.985. The monoisotopic (exact) mass is 569 g/mol. The van der Waals surface area contributed by atoms with Crippen LogP contribution in [0.2, 0.25) is 0 Å². The molecule has 1 aliphatic carbocycles. The molecular weight excluding hydrogens is 538 g/mol. The maximum Gasteiger partial charge on any atom is 0.433 e. The predicted molar refractivity (Wildman–Crippen MR) is 127 cm³/mol. The molecule has 1 atom stereocenters. The van der Waals surface area contributed by atoms with Crippen LogP contribution in [0.15, 0.2) is 17.3 Å². The van der Waals surface area contributed by atoms with Crippen LogP contribution >= 0.6 is 24.0 Å². The maximum atomic E-state index is 12.7. The average Bonchev–Trinajstić information content (AvgIpc) is 3.43. The Labute approximate surface area is 203 Å². The molecular formula is C20H31F3IN7O. The van der Waals surface area contributed by atoms with Crippen LogP contribution in [-0.4, -0.2) is 65.5 Å². The number of nitrogens with one attached hydrogen (secondary N) is 3. The summed E-state index contributed by atoms with van der Waals surface area (Å²) in [5.74, 6) is 0.994. The molecule has 1 saturated heterocycles. The van der Waals surface area contributed by atoms with E-state index in [0.29, 0.717) is 25.6 Å². The summed E-state index contributed by atoms with van der Waals surface area (Å²) < 4.78 is 38.2. The van der Waals surface area contributed by atoms with Crippen molar-refractivity contribution in [2.24, 2.45) is 10.9 Å². The molecule has 1 aliphatic heterocycles. The normalized spacial score (nSPS) is 19.6. The Morgan fingerprint density at radius 2 is 2.03 bits per heavy atom. The average molecular weight is 569 g/mol. The van der Waals surface area contributed by atoms with Crippen molar-refractivity contribution in [1.29, 1.82) is 0 Å². The van der Waals surface area contributed by atoms with Crippen LogP contribution < -0.4 is 16.0 Å². The zero-order valence-corrected chi connectivity index (χ0v) is 20.5. The number of hydrogen-bond donors (Lipinski definition) is 3. The lowest BCUT2D eigenvalue weighted by Gasteiger charge is -2.21. The number of amides is 1. The molecule has 1 saturated carbocycles. The van der Waals surface area contributed by atoms with Crippen molar-refractivity contribution in [3.05, 3.63) is 18.0 Å². The van der Waals surface area contributed by atoms with Gasteiger partial charge in [-0.3, -0.25) is 9.79 Å². The Balaban J connectivity index is 0.00000363. The molecule has 2 aliphatic rings. The van der Waals surface area contributed by atoms with Crippen LogP contribution in [0.1, 0.15) is 44.7 Å². The lowest BCUT2D eigenvalue weighted by Crippen LogP contribution is -2.45. The Kier molecular flexibility index (Phi) is 10.2. The number of alkyl halides is 3. The Morgan fingerprint density at radius 1 is 1.28 bits per heavy atom. The number of rotatable bonds is 7. The molecule has 0 spiro atoms. The summed E-state index contributed by atoms with van der Waals surface area (Å²) in [6.45, 7) is 4.65. The second-order valence-electron chi connectivity index (χ2n) is 7.85. The summed E-state index contributed by atoms with van der Waals surface area (Å²) in [7, 11) is 0. The third kappa shape index (κ3) is 7.62. The molecule has 12 heteroatoms. The van der Waals surface area contributed by atoms with Crippen molar-refractivity contribution in [3.63, 3.8) is 0 Å². The van der Waals surface area contributed by atoms with Gasteiger partial charge in [-0.2, -0.15) is 13.2 Å².